The third-order valence-corrected chi connectivity index (χ3v) is 6.04. The van der Waals surface area contributed by atoms with Gasteiger partial charge in [-0.25, -0.2) is 0 Å². The van der Waals surface area contributed by atoms with E-state index >= 15 is 0 Å². The van der Waals surface area contributed by atoms with E-state index in [1.54, 1.807) is 0 Å². The van der Waals surface area contributed by atoms with Crippen molar-refractivity contribution in [2.75, 3.05) is 24.2 Å². The second-order valence-electron chi connectivity index (χ2n) is 7.25. The van der Waals surface area contributed by atoms with E-state index in [2.05, 4.69) is 22.9 Å². The lowest BCUT2D eigenvalue weighted by Gasteiger charge is -2.30. The zero-order chi connectivity index (χ0) is 19.9. The van der Waals surface area contributed by atoms with E-state index in [1.807, 2.05) is 55.5 Å². The minimum atomic E-state index is -0.0887. The van der Waals surface area contributed by atoms with Gasteiger partial charge in [-0.3, -0.25) is 9.59 Å². The predicted octanol–water partition coefficient (Wildman–Crippen LogP) is 3.88. The molecule has 1 aliphatic heterocycles. The average Bonchev–Trinajstić information content (AvgIpc) is 2.70. The Hall–Kier alpha value is -2.02. The monoisotopic (exact) mass is 433 g/mol. The first-order chi connectivity index (χ1) is 13.5. The normalized spacial score (nSPS) is 18.4. The molecule has 0 spiro atoms. The van der Waals surface area contributed by atoms with Crippen molar-refractivity contribution < 1.29 is 9.59 Å². The summed E-state index contributed by atoms with van der Waals surface area (Å²) in [5.41, 5.74) is 2.55. The molecular formula is C22H28ClN3O2S. The van der Waals surface area contributed by atoms with Crippen LogP contribution in [0.4, 0.5) is 5.69 Å². The van der Waals surface area contributed by atoms with Crippen molar-refractivity contribution in [2.24, 2.45) is 5.92 Å². The van der Waals surface area contributed by atoms with Crippen LogP contribution in [0.3, 0.4) is 0 Å². The summed E-state index contributed by atoms with van der Waals surface area (Å²) in [7, 11) is 0. The number of piperidine rings is 1. The number of hydrogen-bond acceptors (Lipinski definition) is 4. The Balaban J connectivity index is 0.00000300. The predicted molar refractivity (Wildman–Crippen MR) is 122 cm³/mol. The number of benzene rings is 2. The molecule has 1 fully saturated rings. The number of halogens is 1. The summed E-state index contributed by atoms with van der Waals surface area (Å²) in [5, 5.41) is 9.36. The van der Waals surface area contributed by atoms with Gasteiger partial charge in [0.25, 0.3) is 5.91 Å². The Labute approximate surface area is 182 Å². The zero-order valence-corrected chi connectivity index (χ0v) is 18.4. The molecule has 0 saturated carbocycles. The first kappa shape index (κ1) is 23.3. The molecule has 2 unspecified atom stereocenters. The van der Waals surface area contributed by atoms with Crippen LogP contribution in [0.1, 0.15) is 29.3 Å². The maximum absolute atomic E-state index is 12.8. The van der Waals surface area contributed by atoms with Gasteiger partial charge in [0.2, 0.25) is 5.91 Å². The largest absolute Gasteiger partial charge is 0.348 e. The topological polar surface area (TPSA) is 70.2 Å². The van der Waals surface area contributed by atoms with E-state index in [0.29, 0.717) is 11.5 Å². The molecule has 0 radical (unpaired) electrons. The molecule has 1 saturated heterocycles. The van der Waals surface area contributed by atoms with Crippen LogP contribution in [-0.4, -0.2) is 36.7 Å². The van der Waals surface area contributed by atoms with Crippen molar-refractivity contribution in [3.05, 3.63) is 59.7 Å². The van der Waals surface area contributed by atoms with E-state index in [4.69, 9.17) is 0 Å². The number of thioether (sulfide) groups is 1. The van der Waals surface area contributed by atoms with E-state index in [1.165, 1.54) is 11.8 Å². The van der Waals surface area contributed by atoms with Crippen LogP contribution in [-0.2, 0) is 4.79 Å². The van der Waals surface area contributed by atoms with Crippen LogP contribution in [0.5, 0.6) is 0 Å². The van der Waals surface area contributed by atoms with Crippen molar-refractivity contribution in [3.8, 4) is 0 Å². The van der Waals surface area contributed by atoms with Gasteiger partial charge < -0.3 is 16.0 Å². The second kappa shape index (κ2) is 11.2. The first-order valence-corrected chi connectivity index (χ1v) is 10.6. The van der Waals surface area contributed by atoms with Crippen LogP contribution in [0.25, 0.3) is 0 Å². The summed E-state index contributed by atoms with van der Waals surface area (Å²) >= 11 is 1.38. The molecule has 0 bridgehead atoms. The molecule has 156 valence electrons. The van der Waals surface area contributed by atoms with Crippen molar-refractivity contribution in [2.45, 2.75) is 31.2 Å². The van der Waals surface area contributed by atoms with Gasteiger partial charge in [0.05, 0.1) is 11.3 Å². The maximum Gasteiger partial charge on any atom is 0.252 e. The average molecular weight is 434 g/mol. The summed E-state index contributed by atoms with van der Waals surface area (Å²) in [5.74, 6) is 0.529. The molecular weight excluding hydrogens is 406 g/mol. The molecule has 3 rings (SSSR count). The lowest BCUT2D eigenvalue weighted by atomic mass is 9.94. The number of amides is 2. The minimum Gasteiger partial charge on any atom is -0.348 e. The molecule has 2 aromatic carbocycles. The van der Waals surface area contributed by atoms with Gasteiger partial charge >= 0.3 is 0 Å². The highest BCUT2D eigenvalue weighted by atomic mass is 35.5. The summed E-state index contributed by atoms with van der Waals surface area (Å²) in [6.07, 6.45) is 1.06. The Morgan fingerprint density at radius 1 is 1.14 bits per heavy atom. The number of rotatable bonds is 6. The van der Waals surface area contributed by atoms with E-state index in [0.717, 1.165) is 35.7 Å². The molecule has 3 N–H and O–H groups in total. The van der Waals surface area contributed by atoms with E-state index < -0.39 is 0 Å². The Kier molecular flexibility index (Phi) is 9.01. The van der Waals surface area contributed by atoms with Crippen molar-refractivity contribution >= 4 is 41.7 Å². The maximum atomic E-state index is 12.8. The molecule has 2 aromatic rings. The highest BCUT2D eigenvalue weighted by Crippen LogP contribution is 2.23. The smallest absolute Gasteiger partial charge is 0.252 e. The number of nitrogens with one attached hydrogen (secondary N) is 3. The molecule has 29 heavy (non-hydrogen) atoms. The molecule has 0 aliphatic carbocycles. The SMILES string of the molecule is Cc1ccc(NC(=O)CSc2ccccc2C(=O)NC2CNCCC2C)cc1.Cl. The lowest BCUT2D eigenvalue weighted by Crippen LogP contribution is -2.50. The third kappa shape index (κ3) is 6.77. The summed E-state index contributed by atoms with van der Waals surface area (Å²) in [6.45, 7) is 5.96. The Bertz CT molecular complexity index is 829. The fourth-order valence-electron chi connectivity index (χ4n) is 3.19. The number of carbonyl (C=O) groups is 2. The van der Waals surface area contributed by atoms with E-state index in [-0.39, 0.29) is 36.0 Å². The molecule has 7 heteroatoms. The first-order valence-electron chi connectivity index (χ1n) is 9.63. The minimum absolute atomic E-state index is 0. The van der Waals surface area contributed by atoms with Crippen LogP contribution >= 0.6 is 24.2 Å². The van der Waals surface area contributed by atoms with Gasteiger partial charge in [0.1, 0.15) is 0 Å². The molecule has 1 aliphatic rings. The highest BCUT2D eigenvalue weighted by molar-refractivity contribution is 8.00. The fraction of sp³-hybridized carbons (Fsp3) is 0.364. The number of aryl methyl sites for hydroxylation is 1. The Morgan fingerprint density at radius 2 is 1.86 bits per heavy atom. The molecule has 2 atom stereocenters. The molecule has 1 heterocycles. The van der Waals surface area contributed by atoms with Crippen LogP contribution in [0, 0.1) is 12.8 Å². The van der Waals surface area contributed by atoms with Crippen molar-refractivity contribution in [1.82, 2.24) is 10.6 Å². The number of hydrogen-bond donors (Lipinski definition) is 3. The Morgan fingerprint density at radius 3 is 2.59 bits per heavy atom. The van der Waals surface area contributed by atoms with Gasteiger partial charge in [-0.2, -0.15) is 0 Å². The fourth-order valence-corrected chi connectivity index (χ4v) is 4.04. The zero-order valence-electron chi connectivity index (χ0n) is 16.7. The number of carbonyl (C=O) groups excluding carboxylic acids is 2. The molecule has 5 nitrogen and oxygen atoms in total. The van der Waals surface area contributed by atoms with E-state index in [9.17, 15) is 9.59 Å². The number of anilines is 1. The third-order valence-electron chi connectivity index (χ3n) is 4.97. The van der Waals surface area contributed by atoms with Gasteiger partial charge in [-0.15, -0.1) is 24.2 Å². The molecule has 0 aromatic heterocycles. The van der Waals surface area contributed by atoms with Crippen LogP contribution in [0.2, 0.25) is 0 Å². The van der Waals surface area contributed by atoms with Crippen molar-refractivity contribution in [3.63, 3.8) is 0 Å². The summed E-state index contributed by atoms with van der Waals surface area (Å²) < 4.78 is 0. The highest BCUT2D eigenvalue weighted by Gasteiger charge is 2.24. The van der Waals surface area contributed by atoms with Gasteiger partial charge in [-0.1, -0.05) is 36.8 Å². The second-order valence-corrected chi connectivity index (χ2v) is 8.27. The van der Waals surface area contributed by atoms with Crippen LogP contribution in [0.15, 0.2) is 53.4 Å². The molecule has 2 amide bonds. The standard InChI is InChI=1S/C22H27N3O2S.ClH/c1-15-7-9-17(10-8-15)24-21(26)14-28-20-6-4-3-5-18(20)22(27)25-19-13-23-12-11-16(19)2;/h3-10,16,19,23H,11-14H2,1-2H3,(H,24,26)(H,25,27);1H. The van der Waals surface area contributed by atoms with Gasteiger partial charge in [0, 0.05) is 23.2 Å². The lowest BCUT2D eigenvalue weighted by molar-refractivity contribution is -0.113. The quantitative estimate of drug-likeness (QED) is 0.605. The van der Waals surface area contributed by atoms with Gasteiger partial charge in [0.15, 0.2) is 0 Å². The van der Waals surface area contributed by atoms with Crippen molar-refractivity contribution in [1.29, 1.82) is 0 Å². The van der Waals surface area contributed by atoms with Gasteiger partial charge in [-0.05, 0) is 50.1 Å². The summed E-state index contributed by atoms with van der Waals surface area (Å²) in [6, 6.07) is 15.3. The van der Waals surface area contributed by atoms with Crippen LogP contribution < -0.4 is 16.0 Å². The summed E-state index contributed by atoms with van der Waals surface area (Å²) in [4.78, 5) is 25.9.